The zero-order valence-corrected chi connectivity index (χ0v) is 13.3. The van der Waals surface area contributed by atoms with Gasteiger partial charge in [0.15, 0.2) is 0 Å². The van der Waals surface area contributed by atoms with Crippen LogP contribution in [0.3, 0.4) is 0 Å². The van der Waals surface area contributed by atoms with E-state index in [4.69, 9.17) is 9.47 Å². The molecule has 0 aliphatic carbocycles. The Kier molecular flexibility index (Phi) is 5.01. The van der Waals surface area contributed by atoms with E-state index < -0.39 is 5.60 Å². The van der Waals surface area contributed by atoms with Crippen molar-refractivity contribution >= 4 is 5.97 Å². The number of hydrogen-bond acceptors (Lipinski definition) is 4. The van der Waals surface area contributed by atoms with Crippen molar-refractivity contribution in [2.45, 2.75) is 45.4 Å². The maximum Gasteiger partial charge on any atom is 0.313 e. The third-order valence-electron chi connectivity index (χ3n) is 3.55. The van der Waals surface area contributed by atoms with Crippen molar-refractivity contribution in [2.75, 3.05) is 13.2 Å². The van der Waals surface area contributed by atoms with Crippen molar-refractivity contribution in [3.05, 3.63) is 35.9 Å². The summed E-state index contributed by atoms with van der Waals surface area (Å²) in [4.78, 5) is 12.2. The highest BCUT2D eigenvalue weighted by Gasteiger charge is 2.37. The van der Waals surface area contributed by atoms with Gasteiger partial charge < -0.3 is 14.8 Å². The van der Waals surface area contributed by atoms with Gasteiger partial charge in [0.1, 0.15) is 5.60 Å². The minimum Gasteiger partial charge on any atom is -0.460 e. The Balaban J connectivity index is 1.97. The lowest BCUT2D eigenvalue weighted by atomic mass is 10.0. The lowest BCUT2D eigenvalue weighted by Gasteiger charge is -2.26. The van der Waals surface area contributed by atoms with Gasteiger partial charge in [0.25, 0.3) is 0 Å². The predicted octanol–water partition coefficient (Wildman–Crippen LogP) is 2.69. The van der Waals surface area contributed by atoms with Crippen LogP contribution >= 0.6 is 0 Å². The van der Waals surface area contributed by atoms with Gasteiger partial charge in [0, 0.05) is 12.1 Å². The fraction of sp³-hybridized carbons (Fsp3) is 0.588. The molecule has 0 aromatic heterocycles. The lowest BCUT2D eigenvalue weighted by Crippen LogP contribution is -2.42. The number of nitrogens with one attached hydrogen (secondary N) is 1. The molecular formula is C17H25NO3. The van der Waals surface area contributed by atoms with E-state index >= 15 is 0 Å². The predicted molar refractivity (Wildman–Crippen MR) is 81.9 cm³/mol. The molecule has 0 amide bonds. The Morgan fingerprint density at radius 2 is 1.95 bits per heavy atom. The largest absolute Gasteiger partial charge is 0.460 e. The van der Waals surface area contributed by atoms with Gasteiger partial charge in [-0.25, -0.2) is 0 Å². The van der Waals surface area contributed by atoms with Crippen LogP contribution in [0.4, 0.5) is 0 Å². The molecule has 4 nitrogen and oxygen atoms in total. The van der Waals surface area contributed by atoms with Crippen LogP contribution < -0.4 is 5.32 Å². The molecule has 0 spiro atoms. The Bertz CT molecular complexity index is 467. The molecule has 1 aliphatic rings. The molecule has 1 aromatic rings. The van der Waals surface area contributed by atoms with Crippen LogP contribution in [0.25, 0.3) is 0 Å². The third kappa shape index (κ3) is 4.55. The summed E-state index contributed by atoms with van der Waals surface area (Å²) < 4.78 is 11.0. The van der Waals surface area contributed by atoms with Crippen LogP contribution in [-0.2, 0) is 14.3 Å². The molecule has 3 atom stereocenters. The van der Waals surface area contributed by atoms with Crippen LogP contribution in [0.1, 0.15) is 39.3 Å². The van der Waals surface area contributed by atoms with Crippen LogP contribution in [0.2, 0.25) is 0 Å². The molecule has 1 fully saturated rings. The summed E-state index contributed by atoms with van der Waals surface area (Å²) in [6.45, 7) is 8.72. The average Bonchev–Trinajstić information content (AvgIpc) is 2.86. The number of benzene rings is 1. The number of hydrogen-bond donors (Lipinski definition) is 1. The summed E-state index contributed by atoms with van der Waals surface area (Å²) >= 11 is 0. The number of esters is 1. The molecule has 0 unspecified atom stereocenters. The molecule has 1 aliphatic heterocycles. The molecule has 1 N–H and O–H groups in total. The highest BCUT2D eigenvalue weighted by Crippen LogP contribution is 2.22. The van der Waals surface area contributed by atoms with E-state index in [-0.39, 0.29) is 24.0 Å². The van der Waals surface area contributed by atoms with Gasteiger partial charge in [-0.1, -0.05) is 30.3 Å². The Morgan fingerprint density at radius 3 is 2.57 bits per heavy atom. The van der Waals surface area contributed by atoms with E-state index in [0.29, 0.717) is 13.2 Å². The number of ether oxygens (including phenoxy) is 2. The lowest BCUT2D eigenvalue weighted by molar-refractivity contribution is -0.160. The summed E-state index contributed by atoms with van der Waals surface area (Å²) in [6, 6.07) is 10.4. The van der Waals surface area contributed by atoms with Gasteiger partial charge >= 0.3 is 5.97 Å². The topological polar surface area (TPSA) is 47.6 Å². The van der Waals surface area contributed by atoms with Gasteiger partial charge in [0.05, 0.1) is 19.1 Å². The van der Waals surface area contributed by atoms with Crippen molar-refractivity contribution in [3.63, 3.8) is 0 Å². The van der Waals surface area contributed by atoms with Gasteiger partial charge in [-0.15, -0.1) is 0 Å². The summed E-state index contributed by atoms with van der Waals surface area (Å²) in [5.41, 5.74) is 0.738. The van der Waals surface area contributed by atoms with Crippen LogP contribution in [0.5, 0.6) is 0 Å². The van der Waals surface area contributed by atoms with Crippen molar-refractivity contribution < 1.29 is 14.3 Å². The molecule has 0 radical (unpaired) electrons. The minimum absolute atomic E-state index is 0.00458. The molecule has 4 heteroatoms. The Hall–Kier alpha value is -1.39. The quantitative estimate of drug-likeness (QED) is 0.867. The fourth-order valence-corrected chi connectivity index (χ4v) is 2.49. The van der Waals surface area contributed by atoms with Crippen LogP contribution in [0, 0.1) is 5.92 Å². The van der Waals surface area contributed by atoms with E-state index in [1.807, 2.05) is 39.0 Å². The molecule has 21 heavy (non-hydrogen) atoms. The van der Waals surface area contributed by atoms with Crippen molar-refractivity contribution in [2.24, 2.45) is 5.92 Å². The second-order valence-corrected chi connectivity index (χ2v) is 6.58. The third-order valence-corrected chi connectivity index (χ3v) is 3.55. The monoisotopic (exact) mass is 291 g/mol. The van der Waals surface area contributed by atoms with Crippen LogP contribution in [0.15, 0.2) is 30.3 Å². The summed E-state index contributed by atoms with van der Waals surface area (Å²) in [6.07, 6.45) is 0. The van der Waals surface area contributed by atoms with E-state index in [1.54, 1.807) is 0 Å². The average molecular weight is 291 g/mol. The Labute approximate surface area is 126 Å². The molecule has 1 aromatic carbocycles. The van der Waals surface area contributed by atoms with E-state index in [1.165, 1.54) is 5.56 Å². The van der Waals surface area contributed by atoms with Gasteiger partial charge in [-0.05, 0) is 33.3 Å². The molecule has 116 valence electrons. The molecule has 1 heterocycles. The summed E-state index contributed by atoms with van der Waals surface area (Å²) in [5.74, 6) is -0.423. The summed E-state index contributed by atoms with van der Waals surface area (Å²) in [7, 11) is 0. The van der Waals surface area contributed by atoms with Crippen molar-refractivity contribution in [3.8, 4) is 0 Å². The zero-order valence-electron chi connectivity index (χ0n) is 13.3. The summed E-state index contributed by atoms with van der Waals surface area (Å²) in [5, 5.41) is 3.49. The number of carbonyl (C=O) groups is 1. The van der Waals surface area contributed by atoms with E-state index in [9.17, 15) is 4.79 Å². The molecule has 0 bridgehead atoms. The normalized spacial score (nSPS) is 23.8. The molecular weight excluding hydrogens is 266 g/mol. The number of rotatable bonds is 4. The second-order valence-electron chi connectivity index (χ2n) is 6.58. The SMILES string of the molecule is C[C@@H](N[C@@H]1COC[C@@H]1C(=O)OC(C)(C)C)c1ccccc1. The first-order valence-corrected chi connectivity index (χ1v) is 7.48. The number of carbonyl (C=O) groups excluding carboxylic acids is 1. The van der Waals surface area contributed by atoms with E-state index in [2.05, 4.69) is 24.4 Å². The Morgan fingerprint density at radius 1 is 1.29 bits per heavy atom. The van der Waals surface area contributed by atoms with E-state index in [0.717, 1.165) is 0 Å². The van der Waals surface area contributed by atoms with Crippen LogP contribution in [-0.4, -0.2) is 30.8 Å². The fourth-order valence-electron chi connectivity index (χ4n) is 2.49. The van der Waals surface area contributed by atoms with Crippen molar-refractivity contribution in [1.82, 2.24) is 5.32 Å². The molecule has 2 rings (SSSR count). The minimum atomic E-state index is -0.463. The zero-order chi connectivity index (χ0) is 15.5. The van der Waals surface area contributed by atoms with Gasteiger partial charge in [-0.3, -0.25) is 4.79 Å². The standard InChI is InChI=1S/C17H25NO3/c1-12(13-8-6-5-7-9-13)18-15-11-20-10-14(15)16(19)21-17(2,3)4/h5-9,12,14-15,18H,10-11H2,1-4H3/t12-,14+,15-/m1/s1. The highest BCUT2D eigenvalue weighted by atomic mass is 16.6. The smallest absolute Gasteiger partial charge is 0.313 e. The van der Waals surface area contributed by atoms with Crippen molar-refractivity contribution in [1.29, 1.82) is 0 Å². The van der Waals surface area contributed by atoms with Gasteiger partial charge in [-0.2, -0.15) is 0 Å². The first kappa shape index (κ1) is 16.0. The maximum absolute atomic E-state index is 12.2. The maximum atomic E-state index is 12.2. The second kappa shape index (κ2) is 6.58. The first-order chi connectivity index (χ1) is 9.87. The highest BCUT2D eigenvalue weighted by molar-refractivity contribution is 5.74. The van der Waals surface area contributed by atoms with Gasteiger partial charge in [0.2, 0.25) is 0 Å². The molecule has 1 saturated heterocycles. The first-order valence-electron chi connectivity index (χ1n) is 7.48. The molecule has 0 saturated carbocycles.